The van der Waals surface area contributed by atoms with Crippen LogP contribution in [0.15, 0.2) is 48.5 Å². The number of halogens is 1. The van der Waals surface area contributed by atoms with Crippen molar-refractivity contribution in [1.29, 1.82) is 0 Å². The summed E-state index contributed by atoms with van der Waals surface area (Å²) in [7, 11) is 0. The summed E-state index contributed by atoms with van der Waals surface area (Å²) in [6.07, 6.45) is -0.255. The van der Waals surface area contributed by atoms with Gasteiger partial charge in [-0.2, -0.15) is 0 Å². The van der Waals surface area contributed by atoms with Gasteiger partial charge in [0.15, 0.2) is 0 Å². The molecule has 0 aliphatic heterocycles. The van der Waals surface area contributed by atoms with E-state index in [1.165, 1.54) is 0 Å². The lowest BCUT2D eigenvalue weighted by molar-refractivity contribution is -0.138. The predicted molar refractivity (Wildman–Crippen MR) is 90.9 cm³/mol. The fourth-order valence-corrected chi connectivity index (χ4v) is 2.26. The monoisotopic (exact) mass is 347 g/mol. The van der Waals surface area contributed by atoms with E-state index in [-0.39, 0.29) is 25.3 Å². The van der Waals surface area contributed by atoms with Crippen LogP contribution in [0.3, 0.4) is 0 Å². The van der Waals surface area contributed by atoms with E-state index in [2.05, 4.69) is 5.32 Å². The Kier molecular flexibility index (Phi) is 6.63. The molecule has 0 aromatic heterocycles. The first-order valence-corrected chi connectivity index (χ1v) is 7.86. The molecule has 0 bridgehead atoms. The van der Waals surface area contributed by atoms with E-state index in [4.69, 9.17) is 21.4 Å². The van der Waals surface area contributed by atoms with E-state index < -0.39 is 5.97 Å². The van der Waals surface area contributed by atoms with Gasteiger partial charge in [-0.3, -0.25) is 9.59 Å². The van der Waals surface area contributed by atoms with Gasteiger partial charge >= 0.3 is 5.97 Å². The number of hydrogen-bond donors (Lipinski definition) is 2. The zero-order valence-electron chi connectivity index (χ0n) is 13.0. The molecular weight excluding hydrogens is 330 g/mol. The van der Waals surface area contributed by atoms with Crippen molar-refractivity contribution in [3.63, 3.8) is 0 Å². The Morgan fingerprint density at radius 2 is 1.83 bits per heavy atom. The molecule has 0 saturated heterocycles. The lowest BCUT2D eigenvalue weighted by Crippen LogP contribution is -2.23. The fourth-order valence-electron chi connectivity index (χ4n) is 2.06. The Balaban J connectivity index is 1.96. The molecular formula is C18H18ClNO4. The first-order valence-electron chi connectivity index (χ1n) is 7.48. The van der Waals surface area contributed by atoms with Gasteiger partial charge in [-0.1, -0.05) is 41.9 Å². The van der Waals surface area contributed by atoms with Crippen LogP contribution in [0.5, 0.6) is 5.75 Å². The maximum Gasteiger partial charge on any atom is 0.303 e. The largest absolute Gasteiger partial charge is 0.489 e. The van der Waals surface area contributed by atoms with Gasteiger partial charge in [0, 0.05) is 23.6 Å². The van der Waals surface area contributed by atoms with E-state index in [1.54, 1.807) is 18.2 Å². The number of amides is 1. The lowest BCUT2D eigenvalue weighted by atomic mass is 10.2. The highest BCUT2D eigenvalue weighted by Gasteiger charge is 2.09. The first kappa shape index (κ1) is 17.8. The second kappa shape index (κ2) is 8.93. The van der Waals surface area contributed by atoms with Gasteiger partial charge in [0.05, 0.1) is 6.42 Å². The maximum atomic E-state index is 11.6. The number of ether oxygens (including phenoxy) is 1. The summed E-state index contributed by atoms with van der Waals surface area (Å²) >= 11 is 6.01. The van der Waals surface area contributed by atoms with Gasteiger partial charge in [0.1, 0.15) is 12.4 Å². The molecule has 2 N–H and O–H groups in total. The highest BCUT2D eigenvalue weighted by molar-refractivity contribution is 6.30. The third-order valence-electron chi connectivity index (χ3n) is 3.30. The molecule has 0 radical (unpaired) electrons. The summed E-state index contributed by atoms with van der Waals surface area (Å²) in [4.78, 5) is 22.1. The van der Waals surface area contributed by atoms with Crippen LogP contribution in [-0.2, 0) is 22.7 Å². The van der Waals surface area contributed by atoms with Gasteiger partial charge < -0.3 is 15.2 Å². The quantitative estimate of drug-likeness (QED) is 0.767. The molecule has 0 fully saturated rings. The molecule has 0 aliphatic carbocycles. The molecule has 0 heterocycles. The van der Waals surface area contributed by atoms with E-state index in [9.17, 15) is 9.59 Å². The van der Waals surface area contributed by atoms with Crippen molar-refractivity contribution in [2.24, 2.45) is 0 Å². The Bertz CT molecular complexity index is 703. The fraction of sp³-hybridized carbons (Fsp3) is 0.222. The van der Waals surface area contributed by atoms with Crippen LogP contribution in [0, 0.1) is 0 Å². The predicted octanol–water partition coefficient (Wildman–Crippen LogP) is 3.40. The van der Waals surface area contributed by atoms with Crippen LogP contribution in [0.25, 0.3) is 0 Å². The van der Waals surface area contributed by atoms with Gasteiger partial charge in [-0.25, -0.2) is 0 Å². The minimum Gasteiger partial charge on any atom is -0.489 e. The summed E-state index contributed by atoms with van der Waals surface area (Å²) in [5.74, 6) is -0.701. The topological polar surface area (TPSA) is 75.6 Å². The summed E-state index contributed by atoms with van der Waals surface area (Å²) in [5.41, 5.74) is 1.77. The van der Waals surface area contributed by atoms with Crippen molar-refractivity contribution in [3.05, 3.63) is 64.7 Å². The summed E-state index contributed by atoms with van der Waals surface area (Å²) in [6.45, 7) is 0.631. The van der Waals surface area contributed by atoms with E-state index in [0.717, 1.165) is 11.1 Å². The molecule has 6 heteroatoms. The third kappa shape index (κ3) is 5.93. The lowest BCUT2D eigenvalue weighted by Gasteiger charge is -2.13. The number of rotatable bonds is 8. The third-order valence-corrected chi connectivity index (χ3v) is 3.54. The summed E-state index contributed by atoms with van der Waals surface area (Å²) < 4.78 is 5.80. The number of carboxylic acids is 1. The Morgan fingerprint density at radius 1 is 1.08 bits per heavy atom. The van der Waals surface area contributed by atoms with Crippen LogP contribution in [0.1, 0.15) is 24.0 Å². The molecule has 2 rings (SSSR count). The minimum absolute atomic E-state index is 0.0594. The van der Waals surface area contributed by atoms with Crippen molar-refractivity contribution in [2.75, 3.05) is 0 Å². The SMILES string of the molecule is O=C(O)CCC(=O)NCc1cc(Cl)ccc1OCc1ccccc1. The molecule has 0 saturated carbocycles. The Hall–Kier alpha value is -2.53. The summed E-state index contributed by atoms with van der Waals surface area (Å²) in [5, 5.41) is 11.8. The zero-order valence-corrected chi connectivity index (χ0v) is 13.8. The smallest absolute Gasteiger partial charge is 0.303 e. The van der Waals surface area contributed by atoms with Crippen molar-refractivity contribution >= 4 is 23.5 Å². The molecule has 0 unspecified atom stereocenters. The van der Waals surface area contributed by atoms with Crippen LogP contribution in [0.2, 0.25) is 5.02 Å². The summed E-state index contributed by atoms with van der Waals surface area (Å²) in [6, 6.07) is 14.9. The number of carboxylic acid groups (broad SMARTS) is 1. The molecule has 0 spiro atoms. The normalized spacial score (nSPS) is 10.2. The van der Waals surface area contributed by atoms with E-state index in [1.807, 2.05) is 30.3 Å². The van der Waals surface area contributed by atoms with Crippen LogP contribution in [0.4, 0.5) is 0 Å². The Labute approximate surface area is 145 Å². The van der Waals surface area contributed by atoms with Gasteiger partial charge in [-0.15, -0.1) is 0 Å². The molecule has 24 heavy (non-hydrogen) atoms. The molecule has 126 valence electrons. The average Bonchev–Trinajstić information content (AvgIpc) is 2.58. The van der Waals surface area contributed by atoms with Crippen molar-refractivity contribution in [1.82, 2.24) is 5.32 Å². The van der Waals surface area contributed by atoms with Gasteiger partial charge in [-0.05, 0) is 23.8 Å². The number of benzene rings is 2. The molecule has 5 nitrogen and oxygen atoms in total. The first-order chi connectivity index (χ1) is 11.5. The van der Waals surface area contributed by atoms with Crippen LogP contribution < -0.4 is 10.1 Å². The average molecular weight is 348 g/mol. The standard InChI is InChI=1S/C18H18ClNO4/c19-15-6-7-16(24-12-13-4-2-1-3-5-13)14(10-15)11-20-17(21)8-9-18(22)23/h1-7,10H,8-9,11-12H2,(H,20,21)(H,22,23). The van der Waals surface area contributed by atoms with Crippen LogP contribution in [-0.4, -0.2) is 17.0 Å². The molecule has 1 amide bonds. The highest BCUT2D eigenvalue weighted by Crippen LogP contribution is 2.24. The molecule has 0 aliphatic rings. The Morgan fingerprint density at radius 3 is 2.54 bits per heavy atom. The molecule has 0 atom stereocenters. The van der Waals surface area contributed by atoms with E-state index in [0.29, 0.717) is 17.4 Å². The molecule has 2 aromatic rings. The number of hydrogen-bond acceptors (Lipinski definition) is 3. The number of carbonyl (C=O) groups excluding carboxylic acids is 1. The number of carbonyl (C=O) groups is 2. The minimum atomic E-state index is -1.00. The van der Waals surface area contributed by atoms with Gasteiger partial charge in [0.2, 0.25) is 5.91 Å². The van der Waals surface area contributed by atoms with Crippen molar-refractivity contribution < 1.29 is 19.4 Å². The second-order valence-corrected chi connectivity index (χ2v) is 5.63. The molecule has 2 aromatic carbocycles. The van der Waals surface area contributed by atoms with Gasteiger partial charge in [0.25, 0.3) is 0 Å². The van der Waals surface area contributed by atoms with Crippen LogP contribution >= 0.6 is 11.6 Å². The van der Waals surface area contributed by atoms with Crippen molar-refractivity contribution in [2.45, 2.75) is 26.0 Å². The number of aliphatic carboxylic acids is 1. The van der Waals surface area contributed by atoms with E-state index >= 15 is 0 Å². The second-order valence-electron chi connectivity index (χ2n) is 5.20. The maximum absolute atomic E-state index is 11.6. The number of nitrogens with one attached hydrogen (secondary N) is 1. The zero-order chi connectivity index (χ0) is 17.4. The van der Waals surface area contributed by atoms with Crippen molar-refractivity contribution in [3.8, 4) is 5.75 Å². The highest BCUT2D eigenvalue weighted by atomic mass is 35.5.